The van der Waals surface area contributed by atoms with Crippen LogP contribution < -0.4 is 4.74 Å². The molecule has 0 radical (unpaired) electrons. The lowest BCUT2D eigenvalue weighted by Crippen LogP contribution is -2.07. The van der Waals surface area contributed by atoms with Crippen LogP contribution in [-0.2, 0) is 4.74 Å². The smallest absolute Gasteiger partial charge is 0.339 e. The SMILES string of the molecule is COc1ccc(C#Cc2ccccc2C(=O)OC/C=C/C(c2ccccc2)c2ccccc2)cc1. The maximum absolute atomic E-state index is 12.8. The zero-order valence-electron chi connectivity index (χ0n) is 19.6. The van der Waals surface area contributed by atoms with E-state index in [9.17, 15) is 4.79 Å². The summed E-state index contributed by atoms with van der Waals surface area (Å²) in [5.74, 6) is 6.65. The molecule has 0 saturated heterocycles. The van der Waals surface area contributed by atoms with Crippen molar-refractivity contribution in [3.63, 3.8) is 0 Å². The molecule has 0 bridgehead atoms. The number of hydrogen-bond donors (Lipinski definition) is 0. The largest absolute Gasteiger partial charge is 0.497 e. The molecule has 0 unspecified atom stereocenters. The van der Waals surface area contributed by atoms with Crippen molar-refractivity contribution in [1.82, 2.24) is 0 Å². The molecule has 0 aliphatic rings. The van der Waals surface area contributed by atoms with Crippen molar-refractivity contribution in [1.29, 1.82) is 0 Å². The van der Waals surface area contributed by atoms with Gasteiger partial charge in [-0.2, -0.15) is 0 Å². The summed E-state index contributed by atoms with van der Waals surface area (Å²) < 4.78 is 10.7. The molecule has 4 aromatic rings. The van der Waals surface area contributed by atoms with Crippen molar-refractivity contribution < 1.29 is 14.3 Å². The van der Waals surface area contributed by atoms with Crippen molar-refractivity contribution >= 4 is 5.97 Å². The summed E-state index contributed by atoms with van der Waals surface area (Å²) in [6.07, 6.45) is 3.97. The molecular weight excluding hydrogens is 432 g/mol. The standard InChI is InChI=1S/C32H26O3/c1-34-29-22-19-25(20-23-29)18-21-28-15-8-9-16-31(28)32(33)35-24-10-17-30(26-11-4-2-5-12-26)27-13-6-3-7-14-27/h2-17,19-20,22-23,30H,24H2,1H3/b17-10+. The molecule has 0 fully saturated rings. The van der Waals surface area contributed by atoms with Gasteiger partial charge in [-0.25, -0.2) is 4.79 Å². The van der Waals surface area contributed by atoms with Gasteiger partial charge in [0.15, 0.2) is 0 Å². The zero-order chi connectivity index (χ0) is 24.3. The summed E-state index contributed by atoms with van der Waals surface area (Å²) in [6.45, 7) is 0.176. The third-order valence-electron chi connectivity index (χ3n) is 5.54. The molecule has 0 N–H and O–H groups in total. The van der Waals surface area contributed by atoms with Crippen LogP contribution in [0.3, 0.4) is 0 Å². The average Bonchev–Trinajstić information content (AvgIpc) is 2.93. The van der Waals surface area contributed by atoms with E-state index in [0.717, 1.165) is 11.3 Å². The average molecular weight is 459 g/mol. The van der Waals surface area contributed by atoms with E-state index in [1.165, 1.54) is 11.1 Å². The molecule has 0 spiro atoms. The first-order valence-electron chi connectivity index (χ1n) is 11.4. The highest BCUT2D eigenvalue weighted by Crippen LogP contribution is 2.25. The van der Waals surface area contributed by atoms with Crippen molar-refractivity contribution in [2.75, 3.05) is 13.7 Å². The number of rotatable bonds is 7. The molecule has 0 aliphatic heterocycles. The molecule has 0 atom stereocenters. The predicted octanol–water partition coefficient (Wildman–Crippen LogP) is 6.64. The number of benzene rings is 4. The summed E-state index contributed by atoms with van der Waals surface area (Å²) in [6, 6.07) is 35.3. The number of allylic oxidation sites excluding steroid dienone is 1. The van der Waals surface area contributed by atoms with E-state index < -0.39 is 5.97 Å². The highest BCUT2D eigenvalue weighted by molar-refractivity contribution is 5.92. The normalized spacial score (nSPS) is 10.6. The van der Waals surface area contributed by atoms with E-state index in [1.54, 1.807) is 13.2 Å². The number of ether oxygens (including phenoxy) is 2. The lowest BCUT2D eigenvalue weighted by atomic mass is 9.91. The molecule has 0 heterocycles. The van der Waals surface area contributed by atoms with Crippen LogP contribution in [-0.4, -0.2) is 19.7 Å². The van der Waals surface area contributed by atoms with Crippen LogP contribution in [0, 0.1) is 11.8 Å². The van der Waals surface area contributed by atoms with Crippen LogP contribution in [0.15, 0.2) is 121 Å². The summed E-state index contributed by atoms with van der Waals surface area (Å²) in [5, 5.41) is 0. The summed E-state index contributed by atoms with van der Waals surface area (Å²) in [7, 11) is 1.63. The van der Waals surface area contributed by atoms with Gasteiger partial charge in [0.1, 0.15) is 12.4 Å². The Hall–Kier alpha value is -4.55. The van der Waals surface area contributed by atoms with E-state index in [0.29, 0.717) is 11.1 Å². The van der Waals surface area contributed by atoms with Crippen molar-refractivity contribution in [2.45, 2.75) is 5.92 Å². The quantitative estimate of drug-likeness (QED) is 0.177. The number of esters is 1. The molecule has 0 aliphatic carbocycles. The highest BCUT2D eigenvalue weighted by atomic mass is 16.5. The molecule has 0 saturated carbocycles. The summed E-state index contributed by atoms with van der Waals surface area (Å²) in [4.78, 5) is 12.8. The minimum atomic E-state index is -0.398. The lowest BCUT2D eigenvalue weighted by Gasteiger charge is -2.14. The van der Waals surface area contributed by atoms with Gasteiger partial charge >= 0.3 is 5.97 Å². The third kappa shape index (κ3) is 6.50. The first kappa shape index (κ1) is 23.6. The Bertz CT molecular complexity index is 1290. The zero-order valence-corrected chi connectivity index (χ0v) is 19.6. The van der Waals surface area contributed by atoms with E-state index in [1.807, 2.05) is 84.9 Å². The van der Waals surface area contributed by atoms with Gasteiger partial charge in [0.25, 0.3) is 0 Å². The Morgan fingerprint density at radius 3 is 2.00 bits per heavy atom. The van der Waals surface area contributed by atoms with Gasteiger partial charge in [0.05, 0.1) is 12.7 Å². The van der Waals surface area contributed by atoms with Gasteiger partial charge in [-0.05, 0) is 47.5 Å². The molecule has 0 amide bonds. The second-order valence-electron chi connectivity index (χ2n) is 7.85. The predicted molar refractivity (Wildman–Crippen MR) is 140 cm³/mol. The van der Waals surface area contributed by atoms with Crippen LogP contribution in [0.25, 0.3) is 0 Å². The molecular formula is C32H26O3. The molecule has 172 valence electrons. The third-order valence-corrected chi connectivity index (χ3v) is 5.54. The van der Waals surface area contributed by atoms with Gasteiger partial charge < -0.3 is 9.47 Å². The van der Waals surface area contributed by atoms with E-state index in [4.69, 9.17) is 9.47 Å². The van der Waals surface area contributed by atoms with Crippen molar-refractivity contribution in [3.05, 3.63) is 149 Å². The monoisotopic (exact) mass is 458 g/mol. The maximum Gasteiger partial charge on any atom is 0.339 e. The van der Waals surface area contributed by atoms with Crippen LogP contribution in [0.4, 0.5) is 0 Å². The number of hydrogen-bond acceptors (Lipinski definition) is 3. The molecule has 4 aromatic carbocycles. The number of carbonyl (C=O) groups excluding carboxylic acids is 1. The van der Waals surface area contributed by atoms with Crippen LogP contribution in [0.5, 0.6) is 5.75 Å². The van der Waals surface area contributed by atoms with Gasteiger partial charge in [0.2, 0.25) is 0 Å². The van der Waals surface area contributed by atoms with Crippen molar-refractivity contribution in [3.8, 4) is 17.6 Å². The number of carbonyl (C=O) groups is 1. The fraction of sp³-hybridized carbons (Fsp3) is 0.0938. The van der Waals surface area contributed by atoms with Crippen LogP contribution >= 0.6 is 0 Å². The Morgan fingerprint density at radius 1 is 0.771 bits per heavy atom. The van der Waals surface area contributed by atoms with Crippen LogP contribution in [0.2, 0.25) is 0 Å². The Labute approximate surface area is 206 Å². The minimum Gasteiger partial charge on any atom is -0.497 e. The number of methoxy groups -OCH3 is 1. The molecule has 3 nitrogen and oxygen atoms in total. The topological polar surface area (TPSA) is 35.5 Å². The highest BCUT2D eigenvalue weighted by Gasteiger charge is 2.12. The first-order valence-corrected chi connectivity index (χ1v) is 11.4. The van der Waals surface area contributed by atoms with E-state index in [-0.39, 0.29) is 12.5 Å². The van der Waals surface area contributed by atoms with Gasteiger partial charge in [0, 0.05) is 17.0 Å². The fourth-order valence-electron chi connectivity index (χ4n) is 3.71. The lowest BCUT2D eigenvalue weighted by molar-refractivity contribution is 0.0549. The molecule has 4 rings (SSSR count). The van der Waals surface area contributed by atoms with Gasteiger partial charge in [-0.1, -0.05) is 96.8 Å². The molecule has 35 heavy (non-hydrogen) atoms. The second-order valence-corrected chi connectivity index (χ2v) is 7.85. The van der Waals surface area contributed by atoms with Gasteiger partial charge in [-0.15, -0.1) is 0 Å². The van der Waals surface area contributed by atoms with Crippen LogP contribution in [0.1, 0.15) is 38.5 Å². The Balaban J connectivity index is 1.44. The van der Waals surface area contributed by atoms with Crippen molar-refractivity contribution in [2.24, 2.45) is 0 Å². The maximum atomic E-state index is 12.8. The molecule has 0 aromatic heterocycles. The minimum absolute atomic E-state index is 0.0822. The van der Waals surface area contributed by atoms with E-state index >= 15 is 0 Å². The second kappa shape index (κ2) is 12.1. The Kier molecular flexibility index (Phi) is 8.14. The summed E-state index contributed by atoms with van der Waals surface area (Å²) in [5.41, 5.74) is 4.28. The van der Waals surface area contributed by atoms with E-state index in [2.05, 4.69) is 42.2 Å². The van der Waals surface area contributed by atoms with Gasteiger partial charge in [-0.3, -0.25) is 0 Å². The Morgan fingerprint density at radius 2 is 1.37 bits per heavy atom. The summed E-state index contributed by atoms with van der Waals surface area (Å²) >= 11 is 0. The fourth-order valence-corrected chi connectivity index (χ4v) is 3.71. The first-order chi connectivity index (χ1) is 17.2. The molecule has 3 heteroatoms.